The molecular weight excluding hydrogens is 368 g/mol. The lowest BCUT2D eigenvalue weighted by atomic mass is 9.79. The number of hydrogen-bond acceptors (Lipinski definition) is 0. The molecule has 0 N–H and O–H groups in total. The molecule has 1 aliphatic carbocycles. The topological polar surface area (TPSA) is 0 Å². The van der Waals surface area contributed by atoms with Crippen LogP contribution >= 0.6 is 27.5 Å². The molecule has 0 unspecified atom stereocenters. The third-order valence-electron chi connectivity index (χ3n) is 4.82. The number of hydrogen-bond donors (Lipinski definition) is 0. The lowest BCUT2D eigenvalue weighted by Crippen LogP contribution is -2.16. The molecule has 0 atom stereocenters. The monoisotopic (exact) mass is 382 g/mol. The van der Waals surface area contributed by atoms with Crippen molar-refractivity contribution in [2.75, 3.05) is 0 Å². The maximum atomic E-state index is 6.33. The zero-order chi connectivity index (χ0) is 16.2. The van der Waals surface area contributed by atoms with Crippen molar-refractivity contribution >= 4 is 27.5 Å². The van der Waals surface area contributed by atoms with Gasteiger partial charge in [0.25, 0.3) is 0 Å². The molecule has 2 heteroatoms. The van der Waals surface area contributed by atoms with Gasteiger partial charge in [-0.2, -0.15) is 0 Å². The molecule has 4 rings (SSSR count). The Hall–Kier alpha value is -1.57. The van der Waals surface area contributed by atoms with Crippen LogP contribution in [0.2, 0.25) is 5.02 Å². The summed E-state index contributed by atoms with van der Waals surface area (Å²) in [6.45, 7) is 4.61. The van der Waals surface area contributed by atoms with Gasteiger partial charge in [0, 0.05) is 9.89 Å². The molecule has 0 spiro atoms. The first-order chi connectivity index (χ1) is 11.0. The molecule has 0 saturated carbocycles. The smallest absolute Gasteiger partial charge is 0.0554 e. The van der Waals surface area contributed by atoms with Gasteiger partial charge >= 0.3 is 0 Å². The quantitative estimate of drug-likeness (QED) is 0.421. The van der Waals surface area contributed by atoms with E-state index in [-0.39, 0.29) is 5.41 Å². The average Bonchev–Trinajstić information content (AvgIpc) is 2.79. The van der Waals surface area contributed by atoms with Crippen molar-refractivity contribution in [3.63, 3.8) is 0 Å². The molecule has 3 aromatic rings. The summed E-state index contributed by atoms with van der Waals surface area (Å²) in [6, 6.07) is 21.3. The number of benzene rings is 3. The molecule has 0 aromatic heterocycles. The highest BCUT2D eigenvalue weighted by molar-refractivity contribution is 9.10. The Balaban J connectivity index is 2.07. The zero-order valence-electron chi connectivity index (χ0n) is 13.0. The third-order valence-corrected chi connectivity index (χ3v) is 6.22. The average molecular weight is 384 g/mol. The molecular formula is C21H16BrCl. The van der Waals surface area contributed by atoms with E-state index in [0.29, 0.717) is 0 Å². The van der Waals surface area contributed by atoms with E-state index >= 15 is 0 Å². The number of rotatable bonds is 1. The molecule has 0 amide bonds. The van der Waals surface area contributed by atoms with Gasteiger partial charge in [0.05, 0.1) is 5.02 Å². The Morgan fingerprint density at radius 1 is 0.739 bits per heavy atom. The van der Waals surface area contributed by atoms with Crippen molar-refractivity contribution in [3.8, 4) is 22.3 Å². The SMILES string of the molecule is CC1(C)c2ccccc2-c2cccc(-c3cccc(Cl)c3Br)c21. The maximum Gasteiger partial charge on any atom is 0.0554 e. The van der Waals surface area contributed by atoms with Gasteiger partial charge < -0.3 is 0 Å². The molecule has 3 aromatic carbocycles. The van der Waals surface area contributed by atoms with Crippen LogP contribution in [0, 0.1) is 0 Å². The Morgan fingerprint density at radius 3 is 2.09 bits per heavy atom. The Kier molecular flexibility index (Phi) is 3.40. The second-order valence-corrected chi connectivity index (χ2v) is 7.70. The third kappa shape index (κ3) is 2.10. The fourth-order valence-electron chi connectivity index (χ4n) is 3.78. The van der Waals surface area contributed by atoms with Crippen LogP contribution < -0.4 is 0 Å². The van der Waals surface area contributed by atoms with E-state index in [9.17, 15) is 0 Å². The van der Waals surface area contributed by atoms with Gasteiger partial charge in [0.2, 0.25) is 0 Å². The molecule has 0 heterocycles. The van der Waals surface area contributed by atoms with Crippen LogP contribution in [0.25, 0.3) is 22.3 Å². The maximum absolute atomic E-state index is 6.33. The Morgan fingerprint density at radius 2 is 1.30 bits per heavy atom. The second-order valence-electron chi connectivity index (χ2n) is 6.50. The fraction of sp³-hybridized carbons (Fsp3) is 0.143. The van der Waals surface area contributed by atoms with Gasteiger partial charge in [-0.05, 0) is 55.4 Å². The summed E-state index contributed by atoms with van der Waals surface area (Å²) in [4.78, 5) is 0. The second kappa shape index (κ2) is 5.22. The Labute approximate surface area is 150 Å². The van der Waals surface area contributed by atoms with Gasteiger partial charge in [0.15, 0.2) is 0 Å². The highest BCUT2D eigenvalue weighted by atomic mass is 79.9. The van der Waals surface area contributed by atoms with Gasteiger partial charge in [0.1, 0.15) is 0 Å². The van der Waals surface area contributed by atoms with Gasteiger partial charge in [-0.25, -0.2) is 0 Å². The van der Waals surface area contributed by atoms with Crippen LogP contribution in [-0.4, -0.2) is 0 Å². The summed E-state index contributed by atoms with van der Waals surface area (Å²) in [7, 11) is 0. The lowest BCUT2D eigenvalue weighted by molar-refractivity contribution is 0.662. The van der Waals surface area contributed by atoms with Gasteiger partial charge in [-0.15, -0.1) is 0 Å². The number of fused-ring (bicyclic) bond motifs is 3. The van der Waals surface area contributed by atoms with Crippen LogP contribution in [0.1, 0.15) is 25.0 Å². The largest absolute Gasteiger partial charge is 0.0831 e. The predicted molar refractivity (Wildman–Crippen MR) is 102 cm³/mol. The predicted octanol–water partition coefficient (Wildman–Crippen LogP) is 7.08. The van der Waals surface area contributed by atoms with Crippen molar-refractivity contribution in [2.24, 2.45) is 0 Å². The molecule has 114 valence electrons. The van der Waals surface area contributed by atoms with Crippen LogP contribution in [0.4, 0.5) is 0 Å². The summed E-state index contributed by atoms with van der Waals surface area (Å²) in [6.07, 6.45) is 0. The van der Waals surface area contributed by atoms with Crippen LogP contribution in [-0.2, 0) is 5.41 Å². The lowest BCUT2D eigenvalue weighted by Gasteiger charge is -2.25. The first-order valence-electron chi connectivity index (χ1n) is 7.69. The van der Waals surface area contributed by atoms with Crippen LogP contribution in [0.3, 0.4) is 0 Å². The zero-order valence-corrected chi connectivity index (χ0v) is 15.4. The van der Waals surface area contributed by atoms with E-state index in [4.69, 9.17) is 11.6 Å². The van der Waals surface area contributed by atoms with E-state index < -0.39 is 0 Å². The van der Waals surface area contributed by atoms with Crippen LogP contribution in [0.15, 0.2) is 65.1 Å². The van der Waals surface area contributed by atoms with E-state index in [2.05, 4.69) is 78.3 Å². The van der Waals surface area contributed by atoms with E-state index in [1.54, 1.807) is 0 Å². The van der Waals surface area contributed by atoms with Crippen molar-refractivity contribution in [3.05, 3.63) is 81.3 Å². The summed E-state index contributed by atoms with van der Waals surface area (Å²) < 4.78 is 0.960. The standard InChI is InChI=1S/C21H16BrCl/c1-21(2)17-11-4-3-7-13(17)14-8-5-9-15(19(14)21)16-10-6-12-18(23)20(16)22/h3-12H,1-2H3. The molecule has 0 nitrogen and oxygen atoms in total. The minimum absolute atomic E-state index is 0.0235. The molecule has 0 aliphatic heterocycles. The number of halogens is 2. The minimum Gasteiger partial charge on any atom is -0.0831 e. The summed E-state index contributed by atoms with van der Waals surface area (Å²) >= 11 is 9.99. The Bertz CT molecular complexity index is 925. The van der Waals surface area contributed by atoms with E-state index in [1.807, 2.05) is 12.1 Å². The fourth-order valence-corrected chi connectivity index (χ4v) is 4.44. The van der Waals surface area contributed by atoms with Crippen molar-refractivity contribution in [1.82, 2.24) is 0 Å². The van der Waals surface area contributed by atoms with E-state index in [1.165, 1.54) is 27.8 Å². The summed E-state index contributed by atoms with van der Waals surface area (Å²) in [5.74, 6) is 0. The van der Waals surface area contributed by atoms with Crippen molar-refractivity contribution in [2.45, 2.75) is 19.3 Å². The van der Waals surface area contributed by atoms with Crippen molar-refractivity contribution in [1.29, 1.82) is 0 Å². The van der Waals surface area contributed by atoms with E-state index in [0.717, 1.165) is 15.1 Å². The van der Waals surface area contributed by atoms with Crippen LogP contribution in [0.5, 0.6) is 0 Å². The normalized spacial score (nSPS) is 14.4. The first kappa shape index (κ1) is 15.0. The molecule has 0 radical (unpaired) electrons. The molecule has 0 bridgehead atoms. The summed E-state index contributed by atoms with van der Waals surface area (Å²) in [5.41, 5.74) is 7.81. The highest BCUT2D eigenvalue weighted by Gasteiger charge is 2.37. The molecule has 0 fully saturated rings. The minimum atomic E-state index is -0.0235. The first-order valence-corrected chi connectivity index (χ1v) is 8.86. The van der Waals surface area contributed by atoms with Gasteiger partial charge in [-0.1, -0.05) is 80.0 Å². The molecule has 0 saturated heterocycles. The summed E-state index contributed by atoms with van der Waals surface area (Å²) in [5, 5.41) is 0.744. The molecule has 23 heavy (non-hydrogen) atoms. The van der Waals surface area contributed by atoms with Gasteiger partial charge in [-0.3, -0.25) is 0 Å². The van der Waals surface area contributed by atoms with Crippen molar-refractivity contribution < 1.29 is 0 Å². The highest BCUT2D eigenvalue weighted by Crippen LogP contribution is 2.52. The molecule has 1 aliphatic rings.